The second kappa shape index (κ2) is 4.76. The molecular weight excluding hydrogens is 268 g/mol. The molecule has 0 bridgehead atoms. The van der Waals surface area contributed by atoms with E-state index in [2.05, 4.69) is 6.07 Å². The molecule has 1 aliphatic rings. The highest BCUT2D eigenvalue weighted by atomic mass is 16.5. The summed E-state index contributed by atoms with van der Waals surface area (Å²) in [4.78, 5) is 0. The number of phenols is 2. The van der Waals surface area contributed by atoms with Gasteiger partial charge in [-0.3, -0.25) is 0 Å². The number of hydrogen-bond acceptors (Lipinski definition) is 5. The zero-order valence-corrected chi connectivity index (χ0v) is 10.9. The zero-order valence-electron chi connectivity index (χ0n) is 10.9. The summed E-state index contributed by atoms with van der Waals surface area (Å²) < 4.78 is 5.42. The third-order valence-corrected chi connectivity index (χ3v) is 3.43. The fraction of sp³-hybridized carbons (Fsp3) is 0.0625. The molecule has 0 aliphatic carbocycles. The Hall–Kier alpha value is -3.13. The van der Waals surface area contributed by atoms with Crippen molar-refractivity contribution in [1.29, 1.82) is 5.26 Å². The molecule has 0 saturated heterocycles. The van der Waals surface area contributed by atoms with Crippen molar-refractivity contribution in [3.63, 3.8) is 0 Å². The minimum atomic E-state index is -0.389. The second-order valence-corrected chi connectivity index (χ2v) is 4.74. The van der Waals surface area contributed by atoms with E-state index in [0.717, 1.165) is 11.1 Å². The Balaban J connectivity index is 2.21. The molecule has 0 amide bonds. The zero-order chi connectivity index (χ0) is 15.0. The molecular formula is C16H12N2O3. The summed E-state index contributed by atoms with van der Waals surface area (Å²) in [5.74, 6) is 0.261. The average molecular weight is 280 g/mol. The van der Waals surface area contributed by atoms with Gasteiger partial charge < -0.3 is 20.7 Å². The minimum absolute atomic E-state index is 0.0219. The van der Waals surface area contributed by atoms with Crippen molar-refractivity contribution in [3.8, 4) is 23.3 Å². The molecule has 1 aliphatic heterocycles. The van der Waals surface area contributed by atoms with E-state index < -0.39 is 0 Å². The van der Waals surface area contributed by atoms with Crippen molar-refractivity contribution in [3.05, 3.63) is 65.0 Å². The normalized spacial score (nSPS) is 16.8. The van der Waals surface area contributed by atoms with Gasteiger partial charge in [0.25, 0.3) is 0 Å². The van der Waals surface area contributed by atoms with Crippen LogP contribution >= 0.6 is 0 Å². The molecule has 0 spiro atoms. The van der Waals surface area contributed by atoms with Crippen molar-refractivity contribution < 1.29 is 14.9 Å². The number of nitrogens with zero attached hydrogens (tertiary/aromatic N) is 1. The van der Waals surface area contributed by atoms with Crippen LogP contribution in [0.15, 0.2) is 53.9 Å². The quantitative estimate of drug-likeness (QED) is 0.744. The summed E-state index contributed by atoms with van der Waals surface area (Å²) in [5.41, 5.74) is 7.67. The number of fused-ring (bicyclic) bond motifs is 1. The van der Waals surface area contributed by atoms with Gasteiger partial charge in [0.15, 0.2) is 0 Å². The van der Waals surface area contributed by atoms with Crippen LogP contribution in [-0.2, 0) is 0 Å². The van der Waals surface area contributed by atoms with Crippen LogP contribution in [0.4, 0.5) is 0 Å². The first-order valence-corrected chi connectivity index (χ1v) is 6.29. The van der Waals surface area contributed by atoms with E-state index in [9.17, 15) is 15.5 Å². The Labute approximate surface area is 121 Å². The van der Waals surface area contributed by atoms with Crippen LogP contribution in [-0.4, -0.2) is 10.2 Å². The van der Waals surface area contributed by atoms with Crippen molar-refractivity contribution in [2.45, 2.75) is 5.92 Å². The van der Waals surface area contributed by atoms with E-state index in [1.165, 1.54) is 12.1 Å². The molecule has 0 saturated carbocycles. The predicted molar refractivity (Wildman–Crippen MR) is 75.5 cm³/mol. The van der Waals surface area contributed by atoms with Crippen molar-refractivity contribution in [2.75, 3.05) is 0 Å². The Morgan fingerprint density at radius 1 is 1.05 bits per heavy atom. The molecule has 0 unspecified atom stereocenters. The maximum atomic E-state index is 9.56. The fourth-order valence-corrected chi connectivity index (χ4v) is 2.45. The molecule has 2 aromatic rings. The van der Waals surface area contributed by atoms with Crippen molar-refractivity contribution in [1.82, 2.24) is 0 Å². The Kier molecular flexibility index (Phi) is 2.92. The summed E-state index contributed by atoms with van der Waals surface area (Å²) in [6.07, 6.45) is 0. The van der Waals surface area contributed by atoms with Gasteiger partial charge in [0.1, 0.15) is 28.9 Å². The first kappa shape index (κ1) is 12.9. The number of nitrogens with two attached hydrogens (primary N) is 1. The smallest absolute Gasteiger partial charge is 0.205 e. The van der Waals surface area contributed by atoms with E-state index in [1.54, 1.807) is 30.3 Å². The lowest BCUT2D eigenvalue weighted by Crippen LogP contribution is -2.20. The van der Waals surface area contributed by atoms with Gasteiger partial charge in [-0.1, -0.05) is 18.2 Å². The van der Waals surface area contributed by atoms with Crippen LogP contribution in [0, 0.1) is 11.3 Å². The van der Waals surface area contributed by atoms with E-state index >= 15 is 0 Å². The van der Waals surface area contributed by atoms with E-state index in [1.807, 2.05) is 0 Å². The van der Waals surface area contributed by atoms with Gasteiger partial charge >= 0.3 is 0 Å². The summed E-state index contributed by atoms with van der Waals surface area (Å²) >= 11 is 0. The SMILES string of the molecule is N#CC1=C(N)Oc2cc(O)ccc2[C@@H]1c1ccc(O)cc1. The topological polar surface area (TPSA) is 99.5 Å². The molecule has 1 heterocycles. The number of ether oxygens (including phenoxy) is 1. The van der Waals surface area contributed by atoms with Gasteiger partial charge in [0.2, 0.25) is 5.88 Å². The summed E-state index contributed by atoms with van der Waals surface area (Å²) in [6, 6.07) is 13.3. The molecule has 0 radical (unpaired) electrons. The van der Waals surface area contributed by atoms with Crippen LogP contribution in [0.2, 0.25) is 0 Å². The molecule has 4 N–H and O–H groups in total. The molecule has 5 heteroatoms. The molecule has 2 aromatic carbocycles. The molecule has 5 nitrogen and oxygen atoms in total. The third kappa shape index (κ3) is 2.13. The Morgan fingerprint density at radius 3 is 2.38 bits per heavy atom. The minimum Gasteiger partial charge on any atom is -0.508 e. The van der Waals surface area contributed by atoms with Crippen molar-refractivity contribution in [2.24, 2.45) is 5.73 Å². The van der Waals surface area contributed by atoms with E-state index in [0.29, 0.717) is 11.3 Å². The van der Waals surface area contributed by atoms with Gasteiger partial charge in [-0.15, -0.1) is 0 Å². The number of hydrogen-bond donors (Lipinski definition) is 3. The Bertz CT molecular complexity index is 773. The van der Waals surface area contributed by atoms with Gasteiger partial charge in [0, 0.05) is 11.6 Å². The first-order valence-electron chi connectivity index (χ1n) is 6.29. The molecule has 1 atom stereocenters. The monoisotopic (exact) mass is 280 g/mol. The van der Waals surface area contributed by atoms with Crippen LogP contribution in [0.5, 0.6) is 17.2 Å². The van der Waals surface area contributed by atoms with E-state index in [4.69, 9.17) is 10.5 Å². The molecule has 0 aromatic heterocycles. The molecule has 0 fully saturated rings. The number of phenolic OH excluding ortho intramolecular Hbond substituents is 2. The molecule has 21 heavy (non-hydrogen) atoms. The Morgan fingerprint density at radius 2 is 1.71 bits per heavy atom. The maximum absolute atomic E-state index is 9.56. The highest BCUT2D eigenvalue weighted by Gasteiger charge is 2.30. The van der Waals surface area contributed by atoms with Crippen LogP contribution in [0.25, 0.3) is 0 Å². The van der Waals surface area contributed by atoms with Gasteiger partial charge in [0.05, 0.1) is 5.92 Å². The number of allylic oxidation sites excluding steroid dienone is 1. The molecule has 104 valence electrons. The summed E-state index contributed by atoms with van der Waals surface area (Å²) in [7, 11) is 0. The highest BCUT2D eigenvalue weighted by Crippen LogP contribution is 2.43. The average Bonchev–Trinajstić information content (AvgIpc) is 2.46. The second-order valence-electron chi connectivity index (χ2n) is 4.74. The lowest BCUT2D eigenvalue weighted by Gasteiger charge is -2.26. The number of aromatic hydroxyl groups is 2. The lowest BCUT2D eigenvalue weighted by molar-refractivity contribution is 0.388. The summed E-state index contributed by atoms with van der Waals surface area (Å²) in [6.45, 7) is 0. The largest absolute Gasteiger partial charge is 0.508 e. The van der Waals surface area contributed by atoms with E-state index in [-0.39, 0.29) is 23.3 Å². The standard InChI is InChI=1S/C16H12N2O3/c17-8-13-15(9-1-3-10(19)4-2-9)12-6-5-11(20)7-14(12)21-16(13)18/h1-7,15,19-20H,18H2/t15-/m0/s1. The number of rotatable bonds is 1. The van der Waals surface area contributed by atoms with Gasteiger partial charge in [-0.25, -0.2) is 0 Å². The van der Waals surface area contributed by atoms with Crippen LogP contribution in [0.3, 0.4) is 0 Å². The van der Waals surface area contributed by atoms with Crippen LogP contribution in [0.1, 0.15) is 17.0 Å². The highest BCUT2D eigenvalue weighted by molar-refractivity contribution is 5.57. The third-order valence-electron chi connectivity index (χ3n) is 3.43. The fourth-order valence-electron chi connectivity index (χ4n) is 2.45. The maximum Gasteiger partial charge on any atom is 0.205 e. The number of benzene rings is 2. The van der Waals surface area contributed by atoms with Crippen LogP contribution < -0.4 is 10.5 Å². The summed E-state index contributed by atoms with van der Waals surface area (Å²) in [5, 5.41) is 28.3. The van der Waals surface area contributed by atoms with Gasteiger partial charge in [-0.2, -0.15) is 5.26 Å². The molecule has 3 rings (SSSR count). The first-order chi connectivity index (χ1) is 10.1. The lowest BCUT2D eigenvalue weighted by atomic mass is 9.83. The predicted octanol–water partition coefficient (Wildman–Crippen LogP) is 2.32. The van der Waals surface area contributed by atoms with Crippen molar-refractivity contribution >= 4 is 0 Å². The number of nitriles is 1. The van der Waals surface area contributed by atoms with Gasteiger partial charge in [-0.05, 0) is 23.8 Å².